The summed E-state index contributed by atoms with van der Waals surface area (Å²) in [5.74, 6) is -0.485. The monoisotopic (exact) mass is 354 g/mol. The smallest absolute Gasteiger partial charge is 0.276 e. The number of amides is 2. The van der Waals surface area contributed by atoms with Crippen LogP contribution in [0, 0.1) is 0 Å². The van der Waals surface area contributed by atoms with Crippen LogP contribution in [-0.4, -0.2) is 24.3 Å². The number of alkyl halides is 1. The van der Waals surface area contributed by atoms with Gasteiger partial charge < -0.3 is 4.74 Å². The Morgan fingerprint density at radius 2 is 1.58 bits per heavy atom. The first-order chi connectivity index (χ1) is 10.9. The zero-order chi connectivity index (χ0) is 18.5. The highest BCUT2D eigenvalue weighted by molar-refractivity contribution is 6.27. The lowest BCUT2D eigenvalue weighted by atomic mass is 9.80. The van der Waals surface area contributed by atoms with E-state index in [2.05, 4.69) is 58.5 Å². The minimum atomic E-state index is -0.477. The second kappa shape index (κ2) is 7.88. The van der Waals surface area contributed by atoms with E-state index in [9.17, 15) is 9.59 Å². The summed E-state index contributed by atoms with van der Waals surface area (Å²) in [5, 5.41) is 0. The predicted octanol–water partition coefficient (Wildman–Crippen LogP) is 3.05. The van der Waals surface area contributed by atoms with Crippen molar-refractivity contribution in [1.29, 1.82) is 0 Å². The number of hydrazine groups is 1. The summed E-state index contributed by atoms with van der Waals surface area (Å²) in [6.45, 7) is 12.6. The average Bonchev–Trinajstić information content (AvgIpc) is 2.48. The lowest BCUT2D eigenvalue weighted by Crippen LogP contribution is -2.44. The molecule has 0 unspecified atom stereocenters. The summed E-state index contributed by atoms with van der Waals surface area (Å²) in [7, 11) is 0. The van der Waals surface area contributed by atoms with E-state index >= 15 is 0 Å². The maximum atomic E-state index is 11.7. The number of rotatable bonds is 4. The molecule has 0 saturated heterocycles. The molecule has 1 aromatic rings. The third-order valence-electron chi connectivity index (χ3n) is 3.48. The van der Waals surface area contributed by atoms with Gasteiger partial charge in [-0.1, -0.05) is 53.7 Å². The Morgan fingerprint density at radius 1 is 1.00 bits per heavy atom. The molecule has 0 aliphatic rings. The Hall–Kier alpha value is -1.75. The van der Waals surface area contributed by atoms with Gasteiger partial charge in [0.05, 0.1) is 0 Å². The molecule has 6 heteroatoms. The maximum Gasteiger partial charge on any atom is 0.276 e. The van der Waals surface area contributed by atoms with Crippen LogP contribution in [0.2, 0.25) is 0 Å². The van der Waals surface area contributed by atoms with Crippen LogP contribution in [0.25, 0.3) is 0 Å². The van der Waals surface area contributed by atoms with E-state index in [0.717, 1.165) is 5.56 Å². The molecule has 0 atom stereocenters. The quantitative estimate of drug-likeness (QED) is 0.645. The van der Waals surface area contributed by atoms with Crippen LogP contribution in [0.5, 0.6) is 5.75 Å². The second-order valence-electron chi connectivity index (χ2n) is 7.73. The fourth-order valence-corrected chi connectivity index (χ4v) is 2.13. The fraction of sp³-hybridized carbons (Fsp3) is 0.556. The number of halogens is 1. The van der Waals surface area contributed by atoms with Crippen molar-refractivity contribution in [3.8, 4) is 5.75 Å². The van der Waals surface area contributed by atoms with Gasteiger partial charge >= 0.3 is 0 Å². The molecular weight excluding hydrogens is 328 g/mol. The minimum Gasteiger partial charge on any atom is -0.483 e. The van der Waals surface area contributed by atoms with Gasteiger partial charge in [-0.05, 0) is 28.0 Å². The zero-order valence-electron chi connectivity index (χ0n) is 15.2. The van der Waals surface area contributed by atoms with Gasteiger partial charge in [0.1, 0.15) is 11.6 Å². The Kier molecular flexibility index (Phi) is 6.67. The molecule has 1 aromatic carbocycles. The van der Waals surface area contributed by atoms with Crippen molar-refractivity contribution in [2.24, 2.45) is 0 Å². The molecule has 134 valence electrons. The average molecular weight is 355 g/mol. The van der Waals surface area contributed by atoms with Gasteiger partial charge in [0, 0.05) is 0 Å². The third kappa shape index (κ3) is 6.04. The van der Waals surface area contributed by atoms with Gasteiger partial charge in [-0.25, -0.2) is 0 Å². The third-order valence-corrected chi connectivity index (χ3v) is 3.72. The van der Waals surface area contributed by atoms with Crippen LogP contribution in [0.15, 0.2) is 18.2 Å². The summed E-state index contributed by atoms with van der Waals surface area (Å²) in [4.78, 5) is 22.7. The van der Waals surface area contributed by atoms with Crippen molar-refractivity contribution in [2.75, 3.05) is 12.5 Å². The lowest BCUT2D eigenvalue weighted by molar-refractivity contribution is -0.128. The van der Waals surface area contributed by atoms with E-state index in [4.69, 9.17) is 16.3 Å². The summed E-state index contributed by atoms with van der Waals surface area (Å²) < 4.78 is 5.66. The molecule has 24 heavy (non-hydrogen) atoms. The summed E-state index contributed by atoms with van der Waals surface area (Å²) in [6, 6.07) is 6.03. The first-order valence-corrected chi connectivity index (χ1v) is 8.40. The van der Waals surface area contributed by atoms with Gasteiger partial charge in [0.2, 0.25) is 0 Å². The Bertz CT molecular complexity index is 601. The lowest BCUT2D eigenvalue weighted by Gasteiger charge is -2.27. The largest absolute Gasteiger partial charge is 0.483 e. The zero-order valence-corrected chi connectivity index (χ0v) is 16.0. The van der Waals surface area contributed by atoms with E-state index < -0.39 is 11.8 Å². The Balaban J connectivity index is 2.88. The van der Waals surface area contributed by atoms with Gasteiger partial charge in [0.15, 0.2) is 6.61 Å². The molecule has 0 aromatic heterocycles. The number of nitrogens with one attached hydrogen (secondary N) is 2. The van der Waals surface area contributed by atoms with E-state index in [1.54, 1.807) is 0 Å². The fourth-order valence-electron chi connectivity index (χ4n) is 2.06. The molecular formula is C18H27ClN2O3. The Morgan fingerprint density at radius 3 is 2.08 bits per heavy atom. The number of carbonyl (C=O) groups is 2. The van der Waals surface area contributed by atoms with Gasteiger partial charge in [-0.3, -0.25) is 20.4 Å². The predicted molar refractivity (Wildman–Crippen MR) is 96.3 cm³/mol. The van der Waals surface area contributed by atoms with Gasteiger partial charge in [0.25, 0.3) is 11.8 Å². The number of hydrogen-bond acceptors (Lipinski definition) is 3. The van der Waals surface area contributed by atoms with Crippen molar-refractivity contribution >= 4 is 23.4 Å². The maximum absolute atomic E-state index is 11.7. The van der Waals surface area contributed by atoms with Crippen LogP contribution in [0.4, 0.5) is 0 Å². The SMILES string of the molecule is CC(C)(C)c1ccc(OCC(=O)NNC(=O)CCl)c(C(C)(C)C)c1. The van der Waals surface area contributed by atoms with E-state index in [1.165, 1.54) is 5.56 Å². The Labute approximate surface area is 149 Å². The highest BCUT2D eigenvalue weighted by Crippen LogP contribution is 2.35. The standard InChI is InChI=1S/C18H27ClN2O3/c1-17(2,3)12-7-8-14(13(9-12)18(4,5)6)24-11-16(23)21-20-15(22)10-19/h7-9H,10-11H2,1-6H3,(H,20,22)(H,21,23). The van der Waals surface area contributed by atoms with E-state index in [0.29, 0.717) is 5.75 Å². The minimum absolute atomic E-state index is 0.0295. The van der Waals surface area contributed by atoms with Gasteiger partial charge in [-0.15, -0.1) is 11.6 Å². The summed E-state index contributed by atoms with van der Waals surface area (Å²) in [6.07, 6.45) is 0. The molecule has 0 spiro atoms. The van der Waals surface area contributed by atoms with Gasteiger partial charge in [-0.2, -0.15) is 0 Å². The molecule has 0 aliphatic heterocycles. The molecule has 0 radical (unpaired) electrons. The highest BCUT2D eigenvalue weighted by atomic mass is 35.5. The van der Waals surface area contributed by atoms with Crippen LogP contribution in [0.3, 0.4) is 0 Å². The second-order valence-corrected chi connectivity index (χ2v) is 8.00. The first-order valence-electron chi connectivity index (χ1n) is 7.86. The van der Waals surface area contributed by atoms with Crippen molar-refractivity contribution in [3.05, 3.63) is 29.3 Å². The highest BCUT2D eigenvalue weighted by Gasteiger charge is 2.23. The van der Waals surface area contributed by atoms with Crippen molar-refractivity contribution in [3.63, 3.8) is 0 Å². The van der Waals surface area contributed by atoms with E-state index in [-0.39, 0.29) is 23.3 Å². The van der Waals surface area contributed by atoms with Crippen molar-refractivity contribution in [2.45, 2.75) is 52.4 Å². The van der Waals surface area contributed by atoms with Crippen LogP contribution in [-0.2, 0) is 20.4 Å². The summed E-state index contributed by atoms with van der Waals surface area (Å²) >= 11 is 5.34. The summed E-state index contributed by atoms with van der Waals surface area (Å²) in [5.41, 5.74) is 6.59. The number of benzene rings is 1. The molecule has 5 nitrogen and oxygen atoms in total. The van der Waals surface area contributed by atoms with Crippen LogP contribution in [0.1, 0.15) is 52.7 Å². The molecule has 0 bridgehead atoms. The van der Waals surface area contributed by atoms with Crippen LogP contribution < -0.4 is 15.6 Å². The molecule has 2 N–H and O–H groups in total. The topological polar surface area (TPSA) is 67.4 Å². The van der Waals surface area contributed by atoms with Crippen LogP contribution >= 0.6 is 11.6 Å². The molecule has 0 heterocycles. The molecule has 0 saturated carbocycles. The number of carbonyl (C=O) groups excluding carboxylic acids is 2. The molecule has 0 fully saturated rings. The van der Waals surface area contributed by atoms with E-state index in [1.807, 2.05) is 12.1 Å². The molecule has 1 rings (SSSR count). The molecule has 0 aliphatic carbocycles. The number of ether oxygens (including phenoxy) is 1. The normalized spacial score (nSPS) is 11.8. The number of hydrogen-bond donors (Lipinski definition) is 2. The molecule has 2 amide bonds. The first kappa shape index (κ1) is 20.3. The van der Waals surface area contributed by atoms with Crippen molar-refractivity contribution in [1.82, 2.24) is 10.9 Å². The van der Waals surface area contributed by atoms with Crippen molar-refractivity contribution < 1.29 is 14.3 Å².